The van der Waals surface area contributed by atoms with E-state index < -0.39 is 6.10 Å². The van der Waals surface area contributed by atoms with Crippen molar-refractivity contribution < 1.29 is 29.0 Å². The molecule has 1 aliphatic rings. The first-order valence-electron chi connectivity index (χ1n) is 27.3. The normalized spacial score (nSPS) is 14.0. The average Bonchev–Trinajstić information content (AvgIpc) is 3.28. The lowest BCUT2D eigenvalue weighted by Crippen LogP contribution is -2.47. The second-order valence-electron chi connectivity index (χ2n) is 19.1. The molecule has 0 aromatic heterocycles. The van der Waals surface area contributed by atoms with Gasteiger partial charge >= 0.3 is 11.9 Å². The van der Waals surface area contributed by atoms with Crippen LogP contribution in [0.4, 0.5) is 0 Å². The number of ether oxygens (including phenoxy) is 2. The van der Waals surface area contributed by atoms with E-state index in [1.54, 1.807) is 7.05 Å². The zero-order valence-electron chi connectivity index (χ0n) is 42.2. The van der Waals surface area contributed by atoms with E-state index >= 15 is 0 Å². The molecule has 9 nitrogen and oxygen atoms in total. The van der Waals surface area contributed by atoms with Crippen molar-refractivity contribution in [1.82, 2.24) is 15.5 Å². The maximum absolute atomic E-state index is 12.9. The van der Waals surface area contributed by atoms with Crippen molar-refractivity contribution in [2.24, 2.45) is 5.92 Å². The van der Waals surface area contributed by atoms with Gasteiger partial charge in [0.2, 0.25) is 5.78 Å². The van der Waals surface area contributed by atoms with Gasteiger partial charge in [0.15, 0.2) is 6.10 Å². The fraction of sp³-hybridized carbons (Fsp3) is 0.907. The lowest BCUT2D eigenvalue weighted by Gasteiger charge is -2.29. The summed E-state index contributed by atoms with van der Waals surface area (Å²) in [5, 5.41) is 16.3. The number of carbonyl (C=O) groups excluding carboxylic acids is 3. The van der Waals surface area contributed by atoms with Crippen LogP contribution in [0.1, 0.15) is 259 Å². The highest BCUT2D eigenvalue weighted by Gasteiger charge is 2.37. The number of ketones is 1. The van der Waals surface area contributed by atoms with E-state index in [-0.39, 0.29) is 23.8 Å². The Labute approximate surface area is 389 Å². The van der Waals surface area contributed by atoms with Crippen LogP contribution in [0, 0.1) is 5.92 Å². The van der Waals surface area contributed by atoms with Gasteiger partial charge in [-0.25, -0.2) is 0 Å². The van der Waals surface area contributed by atoms with Gasteiger partial charge in [-0.2, -0.15) is 0 Å². The third-order valence-corrected chi connectivity index (χ3v) is 13.2. The minimum absolute atomic E-state index is 0.00255. The van der Waals surface area contributed by atoms with Crippen molar-refractivity contribution in [1.29, 1.82) is 0 Å². The Hall–Kier alpha value is -2.13. The number of aliphatic hydroxyl groups is 1. The van der Waals surface area contributed by atoms with E-state index in [9.17, 15) is 19.5 Å². The summed E-state index contributed by atoms with van der Waals surface area (Å²) >= 11 is 0. The van der Waals surface area contributed by atoms with Crippen LogP contribution in [0.25, 0.3) is 0 Å². The number of carbonyl (C=O) groups is 3. The van der Waals surface area contributed by atoms with Gasteiger partial charge in [0.05, 0.1) is 12.3 Å². The maximum Gasteiger partial charge on any atom is 0.306 e. The minimum Gasteiger partial charge on any atom is -0.466 e. The number of nitrogens with zero attached hydrogens (tertiary/aromatic N) is 1. The molecule has 0 saturated heterocycles. The summed E-state index contributed by atoms with van der Waals surface area (Å²) in [6.07, 6.45) is 40.4. The van der Waals surface area contributed by atoms with Crippen LogP contribution in [-0.2, 0) is 23.9 Å². The largest absolute Gasteiger partial charge is 0.466 e. The zero-order valence-corrected chi connectivity index (χ0v) is 42.2. The van der Waals surface area contributed by atoms with Crippen LogP contribution in [0.2, 0.25) is 0 Å². The molecule has 0 heterocycles. The van der Waals surface area contributed by atoms with Crippen molar-refractivity contribution >= 4 is 17.7 Å². The molecule has 1 rings (SSSR count). The first-order chi connectivity index (χ1) is 30.8. The molecule has 1 aliphatic carbocycles. The summed E-state index contributed by atoms with van der Waals surface area (Å²) in [7, 11) is 1.71. The van der Waals surface area contributed by atoms with E-state index in [1.807, 2.05) is 0 Å². The van der Waals surface area contributed by atoms with Gasteiger partial charge in [0.25, 0.3) is 0 Å². The minimum atomic E-state index is -1.03. The maximum atomic E-state index is 12.9. The Morgan fingerprint density at radius 3 is 1.51 bits per heavy atom. The van der Waals surface area contributed by atoms with Gasteiger partial charge in [0.1, 0.15) is 11.8 Å². The molecular weight excluding hydrogens is 787 g/mol. The number of hydrogen-bond donors (Lipinski definition) is 3. The number of rotatable bonds is 48. The van der Waals surface area contributed by atoms with Crippen LogP contribution in [0.3, 0.4) is 0 Å². The fourth-order valence-corrected chi connectivity index (χ4v) is 9.06. The summed E-state index contributed by atoms with van der Waals surface area (Å²) in [5.41, 5.74) is 1.10. The third kappa shape index (κ3) is 32.2. The molecule has 0 saturated carbocycles. The lowest BCUT2D eigenvalue weighted by molar-refractivity contribution is -0.150. The van der Waals surface area contributed by atoms with Crippen LogP contribution >= 0.6 is 0 Å². The molecule has 0 aliphatic heterocycles. The third-order valence-electron chi connectivity index (χ3n) is 13.2. The topological polar surface area (TPSA) is 117 Å². The summed E-state index contributed by atoms with van der Waals surface area (Å²) in [4.78, 5) is 39.8. The summed E-state index contributed by atoms with van der Waals surface area (Å²) in [6, 6.07) is 0. The van der Waals surface area contributed by atoms with Crippen LogP contribution < -0.4 is 10.6 Å². The van der Waals surface area contributed by atoms with Gasteiger partial charge in [-0.3, -0.25) is 14.4 Å². The Balaban J connectivity index is 2.41. The van der Waals surface area contributed by atoms with Crippen molar-refractivity contribution in [3.05, 3.63) is 11.4 Å². The van der Waals surface area contributed by atoms with Crippen molar-refractivity contribution in [2.45, 2.75) is 271 Å². The standard InChI is InChI=1S/C54H103N3O6/c1-6-10-14-16-20-28-37-48(38-29-21-17-15-11-7-2)63-50(59)40-31-23-19-25-33-44-57(45-34-42-56-52-51(55-5)53(60)54(52)61)43-32-24-18-22-30-39-49(58)62-46-41-47(35-26-12-8-3)36-27-13-9-4/h47-48,54-56,61H,6-46H2,1-5H3. The van der Waals surface area contributed by atoms with Crippen molar-refractivity contribution in [2.75, 3.05) is 39.8 Å². The fourth-order valence-electron chi connectivity index (χ4n) is 9.06. The van der Waals surface area contributed by atoms with Crippen molar-refractivity contribution in [3.63, 3.8) is 0 Å². The van der Waals surface area contributed by atoms with Crippen LogP contribution in [0.5, 0.6) is 0 Å². The average molecular weight is 890 g/mol. The molecule has 1 atom stereocenters. The number of aliphatic hydroxyl groups excluding tert-OH is 1. The second-order valence-corrected chi connectivity index (χ2v) is 19.1. The Kier molecular flexibility index (Phi) is 39.7. The van der Waals surface area contributed by atoms with Gasteiger partial charge < -0.3 is 30.1 Å². The van der Waals surface area contributed by atoms with Gasteiger partial charge in [-0.1, -0.05) is 182 Å². The summed E-state index contributed by atoms with van der Waals surface area (Å²) < 4.78 is 11.7. The van der Waals surface area contributed by atoms with E-state index in [0.717, 1.165) is 110 Å². The number of nitrogens with one attached hydrogen (secondary N) is 2. The molecule has 0 radical (unpaired) electrons. The Morgan fingerprint density at radius 1 is 0.556 bits per heavy atom. The van der Waals surface area contributed by atoms with Crippen LogP contribution in [-0.4, -0.2) is 79.8 Å². The predicted octanol–water partition coefficient (Wildman–Crippen LogP) is 13.4. The highest BCUT2D eigenvalue weighted by atomic mass is 16.5. The predicted molar refractivity (Wildman–Crippen MR) is 265 cm³/mol. The second kappa shape index (κ2) is 42.5. The summed E-state index contributed by atoms with van der Waals surface area (Å²) in [5.74, 6) is 0.420. The molecule has 0 bridgehead atoms. The smallest absolute Gasteiger partial charge is 0.306 e. The zero-order chi connectivity index (χ0) is 46.0. The highest BCUT2D eigenvalue weighted by Crippen LogP contribution is 2.23. The van der Waals surface area contributed by atoms with E-state index in [1.165, 1.54) is 128 Å². The van der Waals surface area contributed by atoms with E-state index in [2.05, 4.69) is 43.2 Å². The Bertz CT molecular complexity index is 1100. The van der Waals surface area contributed by atoms with Gasteiger partial charge in [-0.15, -0.1) is 0 Å². The molecule has 0 fully saturated rings. The molecule has 0 aromatic carbocycles. The Morgan fingerprint density at radius 2 is 0.984 bits per heavy atom. The van der Waals surface area contributed by atoms with Gasteiger partial charge in [0, 0.05) is 26.4 Å². The number of unbranched alkanes of at least 4 members (excludes halogenated alkanes) is 22. The molecule has 63 heavy (non-hydrogen) atoms. The molecule has 1 unspecified atom stereocenters. The first kappa shape index (κ1) is 58.9. The molecule has 370 valence electrons. The van der Waals surface area contributed by atoms with Crippen molar-refractivity contribution in [3.8, 4) is 0 Å². The molecule has 0 spiro atoms. The number of likely N-dealkylation sites (N-methyl/N-ethyl adjacent to an activating group) is 1. The number of hydrogen-bond acceptors (Lipinski definition) is 9. The quantitative estimate of drug-likeness (QED) is 0.0405. The van der Waals surface area contributed by atoms with Crippen LogP contribution in [0.15, 0.2) is 11.4 Å². The monoisotopic (exact) mass is 890 g/mol. The number of esters is 2. The molecule has 3 N–H and O–H groups in total. The first-order valence-corrected chi connectivity index (χ1v) is 27.3. The molecular formula is C54H103N3O6. The number of Topliss-reactive ketones (excluding diaryl/α,β-unsaturated/α-hetero) is 1. The highest BCUT2D eigenvalue weighted by molar-refractivity contribution is 6.07. The SMILES string of the molecule is CCCCCCCCC(CCCCCCCC)OC(=O)CCCCCCCN(CCCCCCCC(=O)OCCC(CCCCC)CCCCC)CCCNC1=C(NC)C(=O)C1O. The van der Waals surface area contributed by atoms with E-state index in [4.69, 9.17) is 9.47 Å². The molecule has 9 heteroatoms. The van der Waals surface area contributed by atoms with Gasteiger partial charge in [-0.05, 0) is 89.8 Å². The van der Waals surface area contributed by atoms with E-state index in [0.29, 0.717) is 43.3 Å². The lowest BCUT2D eigenvalue weighted by atomic mass is 9.92. The molecule has 0 amide bonds. The summed E-state index contributed by atoms with van der Waals surface area (Å²) in [6.45, 7) is 13.4. The molecule has 0 aromatic rings.